The van der Waals surface area contributed by atoms with Crippen LogP contribution in [0.15, 0.2) is 28.7 Å². The number of nitrogens with one attached hydrogen (secondary N) is 1. The summed E-state index contributed by atoms with van der Waals surface area (Å²) in [4.78, 5) is 7.82. The van der Waals surface area contributed by atoms with Crippen molar-refractivity contribution in [2.75, 3.05) is 18.2 Å². The van der Waals surface area contributed by atoms with Crippen LogP contribution in [-0.2, 0) is 0 Å². The maximum absolute atomic E-state index is 5.81. The molecule has 0 aliphatic rings. The van der Waals surface area contributed by atoms with Crippen molar-refractivity contribution < 1.29 is 4.74 Å². The van der Waals surface area contributed by atoms with Gasteiger partial charge in [-0.1, -0.05) is 27.5 Å². The van der Waals surface area contributed by atoms with Crippen molar-refractivity contribution >= 4 is 45.0 Å². The van der Waals surface area contributed by atoms with Crippen molar-refractivity contribution in [2.24, 2.45) is 0 Å². The molecule has 1 heterocycles. The molecular formula is C11H10BrClN4O. The van der Waals surface area contributed by atoms with E-state index in [1.165, 1.54) is 0 Å². The SMILES string of the molecule is COc1ccc(Br)cc1Nc1cc(Cl)nc(N)n1. The first kappa shape index (κ1) is 12.9. The summed E-state index contributed by atoms with van der Waals surface area (Å²) in [7, 11) is 1.59. The Hall–Kier alpha value is -1.53. The summed E-state index contributed by atoms with van der Waals surface area (Å²) in [5.41, 5.74) is 6.28. The number of nitrogens with two attached hydrogens (primary N) is 1. The number of halogens is 2. The number of nitrogen functional groups attached to an aromatic ring is 1. The smallest absolute Gasteiger partial charge is 0.223 e. The number of nitrogens with zero attached hydrogens (tertiary/aromatic N) is 2. The van der Waals surface area contributed by atoms with E-state index in [0.29, 0.717) is 11.6 Å². The molecule has 0 radical (unpaired) electrons. The minimum atomic E-state index is 0.110. The van der Waals surface area contributed by atoms with Crippen LogP contribution in [0.4, 0.5) is 17.5 Å². The third-order valence-electron chi connectivity index (χ3n) is 2.14. The fourth-order valence-corrected chi connectivity index (χ4v) is 1.97. The predicted molar refractivity (Wildman–Crippen MR) is 75.4 cm³/mol. The monoisotopic (exact) mass is 328 g/mol. The molecule has 0 aliphatic heterocycles. The number of hydrogen-bond acceptors (Lipinski definition) is 5. The van der Waals surface area contributed by atoms with Gasteiger partial charge in [-0.2, -0.15) is 4.98 Å². The van der Waals surface area contributed by atoms with E-state index >= 15 is 0 Å². The minimum Gasteiger partial charge on any atom is -0.495 e. The minimum absolute atomic E-state index is 0.110. The highest BCUT2D eigenvalue weighted by Gasteiger charge is 2.06. The van der Waals surface area contributed by atoms with Crippen LogP contribution in [0.25, 0.3) is 0 Å². The fraction of sp³-hybridized carbons (Fsp3) is 0.0909. The van der Waals surface area contributed by atoms with Crippen molar-refractivity contribution in [3.8, 4) is 5.75 Å². The van der Waals surface area contributed by atoms with Crippen LogP contribution in [0.3, 0.4) is 0 Å². The molecule has 0 spiro atoms. The Morgan fingerprint density at radius 2 is 2.11 bits per heavy atom. The molecule has 2 rings (SSSR count). The van der Waals surface area contributed by atoms with Gasteiger partial charge in [-0.25, -0.2) is 4.98 Å². The molecule has 0 amide bonds. The Bertz CT molecular complexity index is 559. The van der Waals surface area contributed by atoms with Crippen molar-refractivity contribution in [2.45, 2.75) is 0 Å². The molecule has 7 heteroatoms. The third kappa shape index (κ3) is 3.02. The Balaban J connectivity index is 2.35. The van der Waals surface area contributed by atoms with E-state index in [0.717, 1.165) is 10.2 Å². The van der Waals surface area contributed by atoms with Gasteiger partial charge in [0, 0.05) is 10.5 Å². The van der Waals surface area contributed by atoms with Crippen molar-refractivity contribution in [3.05, 3.63) is 33.9 Å². The molecule has 0 unspecified atom stereocenters. The van der Waals surface area contributed by atoms with E-state index in [-0.39, 0.29) is 11.1 Å². The highest BCUT2D eigenvalue weighted by Crippen LogP contribution is 2.30. The molecule has 1 aromatic heterocycles. The number of rotatable bonds is 3. The van der Waals surface area contributed by atoms with Crippen LogP contribution in [-0.4, -0.2) is 17.1 Å². The zero-order valence-corrected chi connectivity index (χ0v) is 11.8. The zero-order valence-electron chi connectivity index (χ0n) is 9.45. The lowest BCUT2D eigenvalue weighted by molar-refractivity contribution is 0.416. The standard InChI is InChI=1S/C11H10BrClN4O/c1-18-8-3-2-6(12)4-7(8)15-10-5-9(13)16-11(14)17-10/h2-5H,1H3,(H3,14,15,16,17). The number of aromatic nitrogens is 2. The Labute approximate surface area is 117 Å². The molecule has 0 atom stereocenters. The summed E-state index contributed by atoms with van der Waals surface area (Å²) in [5.74, 6) is 1.30. The molecule has 2 aromatic rings. The molecule has 3 N–H and O–H groups in total. The third-order valence-corrected chi connectivity index (χ3v) is 2.82. The number of hydrogen-bond donors (Lipinski definition) is 2. The molecule has 0 aliphatic carbocycles. The van der Waals surface area contributed by atoms with Gasteiger partial charge in [-0.15, -0.1) is 0 Å². The van der Waals surface area contributed by atoms with E-state index in [4.69, 9.17) is 22.1 Å². The first-order valence-corrected chi connectivity index (χ1v) is 6.16. The number of anilines is 3. The van der Waals surface area contributed by atoms with E-state index < -0.39 is 0 Å². The van der Waals surface area contributed by atoms with Crippen molar-refractivity contribution in [1.82, 2.24) is 9.97 Å². The first-order chi connectivity index (χ1) is 8.58. The lowest BCUT2D eigenvalue weighted by Gasteiger charge is -2.11. The average Bonchev–Trinajstić information content (AvgIpc) is 2.27. The second kappa shape index (κ2) is 5.41. The second-order valence-electron chi connectivity index (χ2n) is 3.40. The summed E-state index contributed by atoms with van der Waals surface area (Å²) in [6.07, 6.45) is 0. The van der Waals surface area contributed by atoms with Gasteiger partial charge >= 0.3 is 0 Å². The normalized spacial score (nSPS) is 10.2. The molecule has 1 aromatic carbocycles. The van der Waals surface area contributed by atoms with E-state index in [9.17, 15) is 0 Å². The lowest BCUT2D eigenvalue weighted by Crippen LogP contribution is -2.01. The molecule has 94 valence electrons. The summed E-state index contributed by atoms with van der Waals surface area (Å²) in [6.45, 7) is 0. The summed E-state index contributed by atoms with van der Waals surface area (Å²) in [6, 6.07) is 7.16. The lowest BCUT2D eigenvalue weighted by atomic mass is 10.3. The van der Waals surface area contributed by atoms with Crippen molar-refractivity contribution in [3.63, 3.8) is 0 Å². The van der Waals surface area contributed by atoms with Gasteiger partial charge in [-0.05, 0) is 18.2 Å². The Morgan fingerprint density at radius 1 is 1.33 bits per heavy atom. The molecule has 0 fully saturated rings. The number of ether oxygens (including phenoxy) is 1. The fourth-order valence-electron chi connectivity index (χ4n) is 1.42. The van der Waals surface area contributed by atoms with Gasteiger partial charge < -0.3 is 15.8 Å². The van der Waals surface area contributed by atoms with Gasteiger partial charge in [0.1, 0.15) is 16.7 Å². The second-order valence-corrected chi connectivity index (χ2v) is 4.71. The maximum Gasteiger partial charge on any atom is 0.223 e. The zero-order chi connectivity index (χ0) is 13.1. The predicted octanol–water partition coefficient (Wildman–Crippen LogP) is 3.23. The van der Waals surface area contributed by atoms with Crippen LogP contribution in [0, 0.1) is 0 Å². The van der Waals surface area contributed by atoms with Gasteiger partial charge in [0.05, 0.1) is 12.8 Å². The van der Waals surface area contributed by atoms with Crippen LogP contribution in [0.5, 0.6) is 5.75 Å². The van der Waals surface area contributed by atoms with Gasteiger partial charge in [-0.3, -0.25) is 0 Å². The van der Waals surface area contributed by atoms with Crippen LogP contribution in [0.2, 0.25) is 5.15 Å². The van der Waals surface area contributed by atoms with E-state index in [1.807, 2.05) is 18.2 Å². The Morgan fingerprint density at radius 3 is 2.78 bits per heavy atom. The van der Waals surface area contributed by atoms with Crippen LogP contribution in [0.1, 0.15) is 0 Å². The van der Waals surface area contributed by atoms with E-state index in [2.05, 4.69) is 31.2 Å². The first-order valence-electron chi connectivity index (χ1n) is 4.99. The summed E-state index contributed by atoms with van der Waals surface area (Å²) >= 11 is 9.20. The highest BCUT2D eigenvalue weighted by atomic mass is 79.9. The van der Waals surface area contributed by atoms with Crippen LogP contribution < -0.4 is 15.8 Å². The molecule has 18 heavy (non-hydrogen) atoms. The van der Waals surface area contributed by atoms with Crippen LogP contribution >= 0.6 is 27.5 Å². The van der Waals surface area contributed by atoms with E-state index in [1.54, 1.807) is 13.2 Å². The average molecular weight is 330 g/mol. The molecule has 0 bridgehead atoms. The van der Waals surface area contributed by atoms with Gasteiger partial charge in [0.2, 0.25) is 5.95 Å². The molecular weight excluding hydrogens is 320 g/mol. The molecule has 5 nitrogen and oxygen atoms in total. The number of methoxy groups -OCH3 is 1. The summed E-state index contributed by atoms with van der Waals surface area (Å²) < 4.78 is 6.16. The molecule has 0 saturated heterocycles. The maximum atomic E-state index is 5.81. The molecule has 0 saturated carbocycles. The highest BCUT2D eigenvalue weighted by molar-refractivity contribution is 9.10. The van der Waals surface area contributed by atoms with Gasteiger partial charge in [0.25, 0.3) is 0 Å². The summed E-state index contributed by atoms with van der Waals surface area (Å²) in [5, 5.41) is 3.35. The van der Waals surface area contributed by atoms with Crippen molar-refractivity contribution in [1.29, 1.82) is 0 Å². The topological polar surface area (TPSA) is 73.1 Å². The Kier molecular flexibility index (Phi) is 3.88. The largest absolute Gasteiger partial charge is 0.495 e. The quantitative estimate of drug-likeness (QED) is 0.846. The number of benzene rings is 1. The van der Waals surface area contributed by atoms with Gasteiger partial charge in [0.15, 0.2) is 0 Å².